The topological polar surface area (TPSA) is 38.7 Å². The lowest BCUT2D eigenvalue weighted by atomic mass is 10.1. The van der Waals surface area contributed by atoms with Gasteiger partial charge >= 0.3 is 0 Å². The average molecular weight is 358 g/mol. The van der Waals surface area contributed by atoms with Crippen molar-refractivity contribution in [2.75, 3.05) is 26.2 Å². The van der Waals surface area contributed by atoms with Crippen molar-refractivity contribution in [1.82, 2.24) is 15.3 Å². The summed E-state index contributed by atoms with van der Waals surface area (Å²) in [6, 6.07) is 15.4. The molecule has 0 aromatic heterocycles. The summed E-state index contributed by atoms with van der Waals surface area (Å²) in [5.74, 6) is 0.287. The summed E-state index contributed by atoms with van der Waals surface area (Å²) < 4.78 is 0. The van der Waals surface area contributed by atoms with Gasteiger partial charge in [0.05, 0.1) is 5.70 Å². The number of halogens is 1. The van der Waals surface area contributed by atoms with Crippen molar-refractivity contribution in [1.29, 1.82) is 0 Å². The van der Waals surface area contributed by atoms with Gasteiger partial charge in [-0.25, -0.2) is 5.01 Å². The van der Waals surface area contributed by atoms with Gasteiger partial charge in [0.15, 0.2) is 0 Å². The molecule has 1 fully saturated rings. The molecule has 2 N–H and O–H groups in total. The van der Waals surface area contributed by atoms with Crippen molar-refractivity contribution in [2.45, 2.75) is 13.5 Å². The minimum atomic E-state index is 0.287. The lowest BCUT2D eigenvalue weighted by Crippen LogP contribution is -2.50. The zero-order valence-corrected chi connectivity index (χ0v) is 15.2. The number of phenolic OH excluding ortho intramolecular Hbond substituents is 1. The van der Waals surface area contributed by atoms with Crippen LogP contribution < -0.4 is 5.43 Å². The normalized spacial score (nSPS) is 16.8. The van der Waals surface area contributed by atoms with Crippen molar-refractivity contribution in [3.63, 3.8) is 0 Å². The minimum Gasteiger partial charge on any atom is -0.508 e. The fourth-order valence-electron chi connectivity index (χ4n) is 2.97. The predicted molar refractivity (Wildman–Crippen MR) is 103 cm³/mol. The monoisotopic (exact) mass is 357 g/mol. The van der Waals surface area contributed by atoms with Gasteiger partial charge in [0.2, 0.25) is 0 Å². The molecule has 0 amide bonds. The number of hydrazine groups is 1. The standard InChI is InChI=1S/C20H24ClN3O/c1-2-20(17-5-9-19(25)10-6-17)22-24-13-11-23(12-14-24)15-16-3-7-18(21)8-4-16/h2-10,22,25H,11-15H2,1H3/b20-2-. The van der Waals surface area contributed by atoms with Crippen LogP contribution in [-0.2, 0) is 6.54 Å². The Morgan fingerprint density at radius 1 is 1.04 bits per heavy atom. The first kappa shape index (κ1) is 17.8. The lowest BCUT2D eigenvalue weighted by Gasteiger charge is -2.35. The average Bonchev–Trinajstić information content (AvgIpc) is 2.64. The van der Waals surface area contributed by atoms with Gasteiger partial charge in [-0.3, -0.25) is 4.90 Å². The van der Waals surface area contributed by atoms with E-state index in [0.29, 0.717) is 0 Å². The van der Waals surface area contributed by atoms with Crippen molar-refractivity contribution >= 4 is 17.3 Å². The number of phenols is 1. The highest BCUT2D eigenvalue weighted by Crippen LogP contribution is 2.17. The smallest absolute Gasteiger partial charge is 0.115 e. The van der Waals surface area contributed by atoms with E-state index in [-0.39, 0.29) is 5.75 Å². The third-order valence-electron chi connectivity index (χ3n) is 4.44. The summed E-state index contributed by atoms with van der Waals surface area (Å²) in [5.41, 5.74) is 6.93. The third-order valence-corrected chi connectivity index (χ3v) is 4.69. The van der Waals surface area contributed by atoms with E-state index in [4.69, 9.17) is 11.6 Å². The summed E-state index contributed by atoms with van der Waals surface area (Å²) in [7, 11) is 0. The molecule has 4 nitrogen and oxygen atoms in total. The van der Waals surface area contributed by atoms with Gasteiger partial charge in [0, 0.05) is 37.7 Å². The van der Waals surface area contributed by atoms with Gasteiger partial charge in [0.25, 0.3) is 0 Å². The number of aromatic hydroxyl groups is 1. The quantitative estimate of drug-likeness (QED) is 0.855. The molecule has 2 aromatic rings. The van der Waals surface area contributed by atoms with E-state index < -0.39 is 0 Å². The highest BCUT2D eigenvalue weighted by Gasteiger charge is 2.17. The first-order valence-corrected chi connectivity index (χ1v) is 8.96. The Bertz CT molecular complexity index is 705. The van der Waals surface area contributed by atoms with E-state index in [0.717, 1.165) is 49.0 Å². The number of hydrogen-bond donors (Lipinski definition) is 2. The van der Waals surface area contributed by atoms with Gasteiger partial charge in [-0.2, -0.15) is 0 Å². The van der Waals surface area contributed by atoms with Crippen LogP contribution in [-0.4, -0.2) is 41.2 Å². The van der Waals surface area contributed by atoms with Crippen molar-refractivity contribution in [3.05, 3.63) is 70.8 Å². The first-order valence-electron chi connectivity index (χ1n) is 8.58. The van der Waals surface area contributed by atoms with E-state index in [1.54, 1.807) is 12.1 Å². The van der Waals surface area contributed by atoms with Crippen LogP contribution in [0.1, 0.15) is 18.1 Å². The van der Waals surface area contributed by atoms with Crippen LogP contribution in [0, 0.1) is 0 Å². The molecule has 0 spiro atoms. The molecule has 0 bridgehead atoms. The van der Waals surface area contributed by atoms with Gasteiger partial charge in [0.1, 0.15) is 5.75 Å². The fraction of sp³-hybridized carbons (Fsp3) is 0.300. The SMILES string of the molecule is C/C=C(\NN1CCN(Cc2ccc(Cl)cc2)CC1)c1ccc(O)cc1. The van der Waals surface area contributed by atoms with Crippen LogP contribution >= 0.6 is 11.6 Å². The van der Waals surface area contributed by atoms with Gasteiger partial charge in [-0.15, -0.1) is 0 Å². The molecule has 2 aromatic carbocycles. The lowest BCUT2D eigenvalue weighted by molar-refractivity contribution is 0.104. The molecule has 25 heavy (non-hydrogen) atoms. The number of nitrogens with one attached hydrogen (secondary N) is 1. The number of hydrogen-bond acceptors (Lipinski definition) is 4. The maximum Gasteiger partial charge on any atom is 0.115 e. The Morgan fingerprint density at radius 3 is 2.28 bits per heavy atom. The van der Waals surface area contributed by atoms with E-state index in [9.17, 15) is 5.11 Å². The van der Waals surface area contributed by atoms with E-state index in [1.165, 1.54) is 5.56 Å². The van der Waals surface area contributed by atoms with Crippen LogP contribution in [0.15, 0.2) is 54.6 Å². The zero-order chi connectivity index (χ0) is 17.6. The second-order valence-electron chi connectivity index (χ2n) is 6.25. The fourth-order valence-corrected chi connectivity index (χ4v) is 3.10. The molecule has 0 radical (unpaired) electrons. The Labute approximate surface area is 154 Å². The minimum absolute atomic E-state index is 0.287. The summed E-state index contributed by atoms with van der Waals surface area (Å²) in [4.78, 5) is 2.46. The molecule has 0 aliphatic carbocycles. The molecule has 0 unspecified atom stereocenters. The second kappa shape index (κ2) is 8.39. The van der Waals surface area contributed by atoms with E-state index in [2.05, 4.69) is 33.5 Å². The Morgan fingerprint density at radius 2 is 1.68 bits per heavy atom. The zero-order valence-electron chi connectivity index (χ0n) is 14.5. The number of allylic oxidation sites excluding steroid dienone is 1. The molecule has 132 valence electrons. The molecule has 0 atom stereocenters. The largest absolute Gasteiger partial charge is 0.508 e. The van der Waals surface area contributed by atoms with E-state index in [1.807, 2.05) is 31.2 Å². The van der Waals surface area contributed by atoms with Crippen molar-refractivity contribution in [3.8, 4) is 5.75 Å². The Balaban J connectivity index is 1.51. The molecule has 5 heteroatoms. The molecular formula is C20H24ClN3O. The highest BCUT2D eigenvalue weighted by molar-refractivity contribution is 6.30. The maximum absolute atomic E-state index is 9.43. The summed E-state index contributed by atoms with van der Waals surface area (Å²) in [6.07, 6.45) is 2.06. The first-order chi connectivity index (χ1) is 12.1. The van der Waals surface area contributed by atoms with Gasteiger partial charge in [-0.05, 0) is 54.4 Å². The molecule has 1 heterocycles. The molecular weight excluding hydrogens is 334 g/mol. The van der Waals surface area contributed by atoms with Crippen molar-refractivity contribution < 1.29 is 5.11 Å². The van der Waals surface area contributed by atoms with Crippen molar-refractivity contribution in [2.24, 2.45) is 0 Å². The van der Waals surface area contributed by atoms with Crippen LogP contribution in [0.2, 0.25) is 5.02 Å². The van der Waals surface area contributed by atoms with Crippen LogP contribution in [0.25, 0.3) is 5.70 Å². The predicted octanol–water partition coefficient (Wildman–Crippen LogP) is 3.73. The highest BCUT2D eigenvalue weighted by atomic mass is 35.5. The molecule has 1 saturated heterocycles. The molecule has 1 aliphatic rings. The van der Waals surface area contributed by atoms with Crippen LogP contribution in [0.3, 0.4) is 0 Å². The molecule has 0 saturated carbocycles. The second-order valence-corrected chi connectivity index (χ2v) is 6.69. The molecule has 3 rings (SSSR count). The summed E-state index contributed by atoms with van der Waals surface area (Å²) in [6.45, 7) is 6.93. The molecule has 1 aliphatic heterocycles. The number of piperazine rings is 1. The van der Waals surface area contributed by atoms with Crippen LogP contribution in [0.5, 0.6) is 5.75 Å². The van der Waals surface area contributed by atoms with Gasteiger partial charge < -0.3 is 10.5 Å². The summed E-state index contributed by atoms with van der Waals surface area (Å²) in [5, 5.41) is 12.5. The Kier molecular flexibility index (Phi) is 5.97. The number of benzene rings is 2. The Hall–Kier alpha value is -2.01. The van der Waals surface area contributed by atoms with Gasteiger partial charge in [-0.1, -0.05) is 29.8 Å². The van der Waals surface area contributed by atoms with Crippen LogP contribution in [0.4, 0.5) is 0 Å². The third kappa shape index (κ3) is 4.98. The summed E-state index contributed by atoms with van der Waals surface area (Å²) >= 11 is 5.95. The maximum atomic E-state index is 9.43. The van der Waals surface area contributed by atoms with E-state index >= 15 is 0 Å². The number of nitrogens with zero attached hydrogens (tertiary/aromatic N) is 2. The number of rotatable bonds is 5.